The second-order valence-electron chi connectivity index (χ2n) is 6.20. The van der Waals surface area contributed by atoms with Crippen molar-refractivity contribution in [2.45, 2.75) is 32.9 Å². The molecule has 1 atom stereocenters. The van der Waals surface area contributed by atoms with Crippen molar-refractivity contribution in [3.63, 3.8) is 0 Å². The number of carbonyl (C=O) groups excluding carboxylic acids is 2. The minimum absolute atomic E-state index is 0.105. The lowest BCUT2D eigenvalue weighted by Gasteiger charge is -2.11. The summed E-state index contributed by atoms with van der Waals surface area (Å²) < 4.78 is 5.80. The van der Waals surface area contributed by atoms with Gasteiger partial charge >= 0.3 is 11.8 Å². The van der Waals surface area contributed by atoms with E-state index in [1.807, 2.05) is 6.92 Å². The van der Waals surface area contributed by atoms with Crippen LogP contribution in [-0.4, -0.2) is 24.1 Å². The highest BCUT2D eigenvalue weighted by Gasteiger charge is 2.14. The molecular formula is C20H20Cl3N3O3. The molecule has 29 heavy (non-hydrogen) atoms. The van der Waals surface area contributed by atoms with E-state index in [2.05, 4.69) is 15.8 Å². The largest absolute Gasteiger partial charge is 0.488 e. The van der Waals surface area contributed by atoms with Gasteiger partial charge in [-0.3, -0.25) is 9.59 Å². The van der Waals surface area contributed by atoms with Gasteiger partial charge < -0.3 is 10.1 Å². The molecule has 0 radical (unpaired) electrons. The fraction of sp³-hybridized carbons (Fsp3) is 0.250. The van der Waals surface area contributed by atoms with E-state index >= 15 is 0 Å². The third kappa shape index (κ3) is 7.24. The number of halogens is 3. The highest BCUT2D eigenvalue weighted by molar-refractivity contribution is 6.42. The first-order chi connectivity index (χ1) is 13.8. The summed E-state index contributed by atoms with van der Waals surface area (Å²) >= 11 is 18.0. The van der Waals surface area contributed by atoms with Crippen molar-refractivity contribution in [1.29, 1.82) is 0 Å². The van der Waals surface area contributed by atoms with Crippen molar-refractivity contribution in [1.82, 2.24) is 10.7 Å². The maximum absolute atomic E-state index is 11.8. The van der Waals surface area contributed by atoms with E-state index in [0.29, 0.717) is 32.8 Å². The lowest BCUT2D eigenvalue weighted by molar-refractivity contribution is -0.139. The molecule has 2 aromatic rings. The lowest BCUT2D eigenvalue weighted by atomic mass is 10.2. The van der Waals surface area contributed by atoms with Crippen LogP contribution in [0.3, 0.4) is 0 Å². The molecule has 6 nitrogen and oxygen atoms in total. The van der Waals surface area contributed by atoms with Gasteiger partial charge in [0.15, 0.2) is 0 Å². The van der Waals surface area contributed by atoms with Crippen LogP contribution >= 0.6 is 34.8 Å². The summed E-state index contributed by atoms with van der Waals surface area (Å²) in [6.45, 7) is 3.95. The van der Waals surface area contributed by atoms with Crippen LogP contribution in [0, 0.1) is 0 Å². The number of ether oxygens (including phenoxy) is 1. The summed E-state index contributed by atoms with van der Waals surface area (Å²) in [7, 11) is 0. The molecule has 0 aliphatic heterocycles. The van der Waals surface area contributed by atoms with E-state index in [1.165, 1.54) is 6.21 Å². The van der Waals surface area contributed by atoms with Crippen molar-refractivity contribution in [3.05, 3.63) is 62.6 Å². The number of nitrogens with one attached hydrogen (secondary N) is 2. The Hall–Kier alpha value is -2.28. The Kier molecular flexibility index (Phi) is 8.76. The zero-order valence-electron chi connectivity index (χ0n) is 15.8. The molecule has 0 heterocycles. The van der Waals surface area contributed by atoms with Crippen molar-refractivity contribution in [2.24, 2.45) is 5.10 Å². The third-order valence-corrected chi connectivity index (χ3v) is 4.89. The molecule has 0 spiro atoms. The summed E-state index contributed by atoms with van der Waals surface area (Å²) in [6, 6.07) is 10.1. The summed E-state index contributed by atoms with van der Waals surface area (Å²) in [5.41, 5.74) is 3.54. The topological polar surface area (TPSA) is 79.8 Å². The molecule has 2 rings (SSSR count). The molecule has 0 saturated carbocycles. The van der Waals surface area contributed by atoms with E-state index in [0.717, 1.165) is 5.56 Å². The number of amides is 2. The number of benzene rings is 2. The number of hydrogen-bond donors (Lipinski definition) is 2. The van der Waals surface area contributed by atoms with Gasteiger partial charge in [-0.25, -0.2) is 5.43 Å². The minimum atomic E-state index is -0.859. The molecule has 0 aliphatic carbocycles. The van der Waals surface area contributed by atoms with Gasteiger partial charge in [-0.15, -0.1) is 0 Å². The minimum Gasteiger partial charge on any atom is -0.488 e. The van der Waals surface area contributed by atoms with Gasteiger partial charge in [0.1, 0.15) is 12.4 Å². The molecule has 0 aliphatic rings. The van der Waals surface area contributed by atoms with Crippen molar-refractivity contribution >= 4 is 52.8 Å². The number of hydrogen-bond acceptors (Lipinski definition) is 4. The molecule has 9 heteroatoms. The van der Waals surface area contributed by atoms with E-state index in [-0.39, 0.29) is 12.6 Å². The average molecular weight is 457 g/mol. The first kappa shape index (κ1) is 23.0. The zero-order chi connectivity index (χ0) is 21.4. The number of hydrazone groups is 1. The molecule has 0 unspecified atom stereocenters. The van der Waals surface area contributed by atoms with Crippen LogP contribution < -0.4 is 15.5 Å². The Morgan fingerprint density at radius 1 is 1.10 bits per heavy atom. The Bertz CT molecular complexity index is 919. The fourth-order valence-corrected chi connectivity index (χ4v) is 2.65. The smallest absolute Gasteiger partial charge is 0.329 e. The molecule has 154 valence electrons. The van der Waals surface area contributed by atoms with E-state index in [1.54, 1.807) is 43.3 Å². The summed E-state index contributed by atoms with van der Waals surface area (Å²) in [6.07, 6.45) is 2.06. The SMILES string of the molecule is CC[C@@H](C)NC(=O)C(=O)N/N=C\c1cc(Cl)ccc1OCc1ccc(Cl)c(Cl)c1. The Balaban J connectivity index is 2.03. The van der Waals surface area contributed by atoms with Gasteiger partial charge in [-0.05, 0) is 49.2 Å². The van der Waals surface area contributed by atoms with Crippen molar-refractivity contribution in [3.8, 4) is 5.75 Å². The Labute approximate surface area is 184 Å². The molecule has 0 saturated heterocycles. The second-order valence-corrected chi connectivity index (χ2v) is 7.45. The molecule has 2 aromatic carbocycles. The zero-order valence-corrected chi connectivity index (χ0v) is 18.1. The van der Waals surface area contributed by atoms with Crippen LogP contribution in [0.1, 0.15) is 31.4 Å². The van der Waals surface area contributed by atoms with Gasteiger partial charge in [0.25, 0.3) is 0 Å². The predicted octanol–water partition coefficient (Wildman–Crippen LogP) is 4.59. The first-order valence-electron chi connectivity index (χ1n) is 8.80. The Morgan fingerprint density at radius 2 is 1.86 bits per heavy atom. The highest BCUT2D eigenvalue weighted by atomic mass is 35.5. The first-order valence-corrected chi connectivity index (χ1v) is 9.93. The molecule has 0 aromatic heterocycles. The highest BCUT2D eigenvalue weighted by Crippen LogP contribution is 2.25. The predicted molar refractivity (Wildman–Crippen MR) is 116 cm³/mol. The van der Waals surface area contributed by atoms with Crippen LogP contribution in [0.4, 0.5) is 0 Å². The molecule has 2 N–H and O–H groups in total. The van der Waals surface area contributed by atoms with Gasteiger partial charge in [0.2, 0.25) is 0 Å². The standard InChI is InChI=1S/C20H20Cl3N3O3/c1-3-12(2)25-19(27)20(28)26-24-10-14-9-15(21)5-7-18(14)29-11-13-4-6-16(22)17(23)8-13/h4-10,12H,3,11H2,1-2H3,(H,25,27)(H,26,28)/b24-10-/t12-/m1/s1. The van der Waals surface area contributed by atoms with Gasteiger partial charge in [-0.2, -0.15) is 5.10 Å². The average Bonchev–Trinajstić information content (AvgIpc) is 2.69. The van der Waals surface area contributed by atoms with Crippen LogP contribution in [0.15, 0.2) is 41.5 Å². The molecular weight excluding hydrogens is 437 g/mol. The molecule has 2 amide bonds. The molecule has 0 fully saturated rings. The van der Waals surface area contributed by atoms with Gasteiger partial charge in [-0.1, -0.05) is 47.8 Å². The fourth-order valence-electron chi connectivity index (χ4n) is 2.14. The van der Waals surface area contributed by atoms with Gasteiger partial charge in [0.05, 0.1) is 16.3 Å². The number of rotatable bonds is 7. The Morgan fingerprint density at radius 3 is 2.55 bits per heavy atom. The number of nitrogens with zero attached hydrogens (tertiary/aromatic N) is 1. The molecule has 0 bridgehead atoms. The normalized spacial score (nSPS) is 11.9. The monoisotopic (exact) mass is 455 g/mol. The quantitative estimate of drug-likeness (QED) is 0.363. The second kappa shape index (κ2) is 11.0. The van der Waals surface area contributed by atoms with Gasteiger partial charge in [0, 0.05) is 16.6 Å². The summed E-state index contributed by atoms with van der Waals surface area (Å²) in [5.74, 6) is -1.12. The van der Waals surface area contributed by atoms with Crippen LogP contribution in [-0.2, 0) is 16.2 Å². The lowest BCUT2D eigenvalue weighted by Crippen LogP contribution is -2.41. The maximum atomic E-state index is 11.8. The van der Waals surface area contributed by atoms with Crippen LogP contribution in [0.5, 0.6) is 5.75 Å². The van der Waals surface area contributed by atoms with Crippen LogP contribution in [0.25, 0.3) is 0 Å². The van der Waals surface area contributed by atoms with Crippen molar-refractivity contribution < 1.29 is 14.3 Å². The third-order valence-electron chi connectivity index (χ3n) is 3.92. The van der Waals surface area contributed by atoms with E-state index in [4.69, 9.17) is 39.5 Å². The van der Waals surface area contributed by atoms with Crippen molar-refractivity contribution in [2.75, 3.05) is 0 Å². The summed E-state index contributed by atoms with van der Waals surface area (Å²) in [4.78, 5) is 23.5. The summed E-state index contributed by atoms with van der Waals surface area (Å²) in [5, 5.41) is 7.73. The van der Waals surface area contributed by atoms with Crippen LogP contribution in [0.2, 0.25) is 15.1 Å². The van der Waals surface area contributed by atoms with E-state index in [9.17, 15) is 9.59 Å². The maximum Gasteiger partial charge on any atom is 0.329 e. The number of carbonyl (C=O) groups is 2. The van der Waals surface area contributed by atoms with E-state index < -0.39 is 11.8 Å².